The second kappa shape index (κ2) is 6.87. The van der Waals surface area contributed by atoms with Crippen LogP contribution >= 0.6 is 0 Å². The van der Waals surface area contributed by atoms with Crippen molar-refractivity contribution in [2.45, 2.75) is 52.5 Å². The van der Waals surface area contributed by atoms with Gasteiger partial charge < -0.3 is 9.80 Å². The third-order valence-electron chi connectivity index (χ3n) is 5.25. The van der Waals surface area contributed by atoms with Crippen LogP contribution in [0.4, 0.5) is 0 Å². The molecule has 0 aliphatic carbocycles. The van der Waals surface area contributed by atoms with Gasteiger partial charge in [0.25, 0.3) is 0 Å². The average Bonchev–Trinajstić information content (AvgIpc) is 2.60. The lowest BCUT2D eigenvalue weighted by Gasteiger charge is -2.48. The highest BCUT2D eigenvalue weighted by Crippen LogP contribution is 2.39. The fourth-order valence-electron chi connectivity index (χ4n) is 3.92. The summed E-state index contributed by atoms with van der Waals surface area (Å²) in [6, 6.07) is 0. The van der Waals surface area contributed by atoms with Crippen LogP contribution in [0.3, 0.4) is 0 Å². The summed E-state index contributed by atoms with van der Waals surface area (Å²) < 4.78 is 0. The lowest BCUT2D eigenvalue weighted by atomic mass is 9.73. The highest BCUT2D eigenvalue weighted by molar-refractivity contribution is 5.78. The smallest absolute Gasteiger partial charge is 0.222 e. The molecule has 1 spiro atoms. The van der Waals surface area contributed by atoms with E-state index in [-0.39, 0.29) is 17.2 Å². The van der Waals surface area contributed by atoms with Gasteiger partial charge in [0.05, 0.1) is 24.1 Å². The van der Waals surface area contributed by atoms with E-state index in [0.717, 1.165) is 50.3 Å². The first kappa shape index (κ1) is 16.9. The van der Waals surface area contributed by atoms with Gasteiger partial charge in [-0.25, -0.2) is 0 Å². The molecule has 0 bridgehead atoms. The average molecular weight is 330 g/mol. The Morgan fingerprint density at radius 2 is 2.08 bits per heavy atom. The molecule has 1 aromatic heterocycles. The zero-order valence-electron chi connectivity index (χ0n) is 14.6. The second-order valence-corrected chi connectivity index (χ2v) is 7.17. The standard InChI is InChI=1S/C18H26N4O2/c1-3-16(23)21-8-4-6-18(12-21)7-5-17(24)22(13-18)11-15-10-19-14(2)9-20-15/h9-10H,3-8,11-13H2,1-2H3. The molecule has 3 rings (SSSR count). The molecule has 0 saturated carbocycles. The van der Waals surface area contributed by atoms with Gasteiger partial charge in [0.15, 0.2) is 0 Å². The van der Waals surface area contributed by atoms with Crippen molar-refractivity contribution in [3.63, 3.8) is 0 Å². The maximum atomic E-state index is 12.4. The summed E-state index contributed by atoms with van der Waals surface area (Å²) >= 11 is 0. The maximum Gasteiger partial charge on any atom is 0.222 e. The number of nitrogens with zero attached hydrogens (tertiary/aromatic N) is 4. The number of aryl methyl sites for hydroxylation is 1. The van der Waals surface area contributed by atoms with Gasteiger partial charge in [0.1, 0.15) is 0 Å². The Labute approximate surface area is 143 Å². The van der Waals surface area contributed by atoms with Crippen LogP contribution in [0.25, 0.3) is 0 Å². The zero-order chi connectivity index (χ0) is 17.2. The Morgan fingerprint density at radius 1 is 1.25 bits per heavy atom. The molecule has 2 fully saturated rings. The number of hydrogen-bond donors (Lipinski definition) is 0. The Morgan fingerprint density at radius 3 is 2.79 bits per heavy atom. The molecule has 24 heavy (non-hydrogen) atoms. The summed E-state index contributed by atoms with van der Waals surface area (Å²) in [5, 5.41) is 0. The van der Waals surface area contributed by atoms with Crippen molar-refractivity contribution in [2.24, 2.45) is 5.41 Å². The summed E-state index contributed by atoms with van der Waals surface area (Å²) in [6.07, 6.45) is 7.60. The number of hydrogen-bond acceptors (Lipinski definition) is 4. The van der Waals surface area contributed by atoms with E-state index in [1.165, 1.54) is 0 Å². The number of aromatic nitrogens is 2. The van der Waals surface area contributed by atoms with Crippen molar-refractivity contribution >= 4 is 11.8 Å². The van der Waals surface area contributed by atoms with Crippen molar-refractivity contribution in [1.82, 2.24) is 19.8 Å². The minimum atomic E-state index is 0.0507. The number of piperidine rings is 2. The number of rotatable bonds is 3. The highest BCUT2D eigenvalue weighted by atomic mass is 16.2. The van der Waals surface area contributed by atoms with Crippen LogP contribution in [0.5, 0.6) is 0 Å². The molecule has 0 aromatic carbocycles. The molecule has 2 aliphatic rings. The van der Waals surface area contributed by atoms with Crippen molar-refractivity contribution in [3.8, 4) is 0 Å². The lowest BCUT2D eigenvalue weighted by Crippen LogP contribution is -2.54. The molecule has 2 saturated heterocycles. The maximum absolute atomic E-state index is 12.4. The molecular formula is C18H26N4O2. The minimum absolute atomic E-state index is 0.0507. The molecule has 1 unspecified atom stereocenters. The predicted molar refractivity (Wildman–Crippen MR) is 90.0 cm³/mol. The molecule has 2 amide bonds. The van der Waals surface area contributed by atoms with Crippen LogP contribution in [0, 0.1) is 12.3 Å². The van der Waals surface area contributed by atoms with Gasteiger partial charge >= 0.3 is 0 Å². The fraction of sp³-hybridized carbons (Fsp3) is 0.667. The molecule has 0 radical (unpaired) electrons. The molecule has 1 aromatic rings. The first-order valence-corrected chi connectivity index (χ1v) is 8.84. The molecule has 0 N–H and O–H groups in total. The van der Waals surface area contributed by atoms with Crippen molar-refractivity contribution < 1.29 is 9.59 Å². The van der Waals surface area contributed by atoms with Gasteiger partial charge in [-0.15, -0.1) is 0 Å². The van der Waals surface area contributed by atoms with Crippen LogP contribution in [-0.4, -0.2) is 51.2 Å². The molecule has 2 aliphatic heterocycles. The summed E-state index contributed by atoms with van der Waals surface area (Å²) in [7, 11) is 0. The molecule has 6 nitrogen and oxygen atoms in total. The number of likely N-dealkylation sites (tertiary alicyclic amines) is 2. The minimum Gasteiger partial charge on any atom is -0.342 e. The Kier molecular flexibility index (Phi) is 4.83. The number of amides is 2. The van der Waals surface area contributed by atoms with Crippen molar-refractivity contribution in [3.05, 3.63) is 23.8 Å². The Hall–Kier alpha value is -1.98. The predicted octanol–water partition coefficient (Wildman–Crippen LogP) is 1.93. The topological polar surface area (TPSA) is 66.4 Å². The Balaban J connectivity index is 1.71. The normalized spacial score (nSPS) is 24.5. The van der Waals surface area contributed by atoms with Gasteiger partial charge in [-0.3, -0.25) is 19.6 Å². The SMILES string of the molecule is CCC(=O)N1CCCC2(CCC(=O)N(Cc3cnc(C)cn3)C2)C1. The Bertz CT molecular complexity index is 616. The molecule has 130 valence electrons. The third kappa shape index (κ3) is 3.57. The first-order chi connectivity index (χ1) is 11.5. The molecule has 1 atom stereocenters. The van der Waals surface area contributed by atoms with Gasteiger partial charge in [-0.05, 0) is 26.2 Å². The lowest BCUT2D eigenvalue weighted by molar-refractivity contribution is -0.143. The first-order valence-electron chi connectivity index (χ1n) is 8.84. The van der Waals surface area contributed by atoms with Gasteiger partial charge in [-0.1, -0.05) is 6.92 Å². The molecule has 3 heterocycles. The molecular weight excluding hydrogens is 304 g/mol. The van der Waals surface area contributed by atoms with Gasteiger partial charge in [0.2, 0.25) is 11.8 Å². The fourth-order valence-corrected chi connectivity index (χ4v) is 3.92. The van der Waals surface area contributed by atoms with E-state index >= 15 is 0 Å². The largest absolute Gasteiger partial charge is 0.342 e. The molecule has 6 heteroatoms. The van der Waals surface area contributed by atoms with E-state index in [4.69, 9.17) is 0 Å². The third-order valence-corrected chi connectivity index (χ3v) is 5.25. The monoisotopic (exact) mass is 330 g/mol. The second-order valence-electron chi connectivity index (χ2n) is 7.17. The van der Waals surface area contributed by atoms with Gasteiger partial charge in [-0.2, -0.15) is 0 Å². The quantitative estimate of drug-likeness (QED) is 0.849. The van der Waals surface area contributed by atoms with Gasteiger partial charge in [0, 0.05) is 44.1 Å². The van der Waals surface area contributed by atoms with E-state index in [9.17, 15) is 9.59 Å². The van der Waals surface area contributed by atoms with Crippen LogP contribution in [0.15, 0.2) is 12.4 Å². The summed E-state index contributed by atoms with van der Waals surface area (Å²) in [4.78, 5) is 37.0. The summed E-state index contributed by atoms with van der Waals surface area (Å²) in [5.41, 5.74) is 1.75. The van der Waals surface area contributed by atoms with E-state index in [1.54, 1.807) is 12.4 Å². The van der Waals surface area contributed by atoms with Crippen molar-refractivity contribution in [1.29, 1.82) is 0 Å². The van der Waals surface area contributed by atoms with E-state index in [2.05, 4.69) is 9.97 Å². The van der Waals surface area contributed by atoms with Crippen LogP contribution in [0.2, 0.25) is 0 Å². The number of carbonyl (C=O) groups is 2. The van der Waals surface area contributed by atoms with E-state index < -0.39 is 0 Å². The van der Waals surface area contributed by atoms with E-state index in [0.29, 0.717) is 19.4 Å². The van der Waals surface area contributed by atoms with Crippen LogP contribution in [-0.2, 0) is 16.1 Å². The number of carbonyl (C=O) groups excluding carboxylic acids is 2. The zero-order valence-corrected chi connectivity index (χ0v) is 14.6. The van der Waals surface area contributed by atoms with Crippen LogP contribution in [0.1, 0.15) is 50.4 Å². The highest BCUT2D eigenvalue weighted by Gasteiger charge is 2.42. The van der Waals surface area contributed by atoms with E-state index in [1.807, 2.05) is 23.6 Å². The summed E-state index contributed by atoms with van der Waals surface area (Å²) in [6.45, 7) is 6.68. The van der Waals surface area contributed by atoms with Crippen LogP contribution < -0.4 is 0 Å². The summed E-state index contributed by atoms with van der Waals surface area (Å²) in [5.74, 6) is 0.406. The van der Waals surface area contributed by atoms with Crippen molar-refractivity contribution in [2.75, 3.05) is 19.6 Å².